The fourth-order valence-corrected chi connectivity index (χ4v) is 2.27. The van der Waals surface area contributed by atoms with Gasteiger partial charge in [-0.2, -0.15) is 0 Å². The Morgan fingerprint density at radius 3 is 3.00 bits per heavy atom. The summed E-state index contributed by atoms with van der Waals surface area (Å²) in [5.41, 5.74) is 2.07. The number of hydrogen-bond acceptors (Lipinski definition) is 5. The lowest BCUT2D eigenvalue weighted by molar-refractivity contribution is -0.150. The van der Waals surface area contributed by atoms with Crippen molar-refractivity contribution in [3.05, 3.63) is 35.4 Å². The van der Waals surface area contributed by atoms with E-state index in [1.54, 1.807) is 0 Å². The number of aliphatic hydroxyl groups is 1. The van der Waals surface area contributed by atoms with Gasteiger partial charge in [-0.15, -0.1) is 0 Å². The molecule has 0 radical (unpaired) electrons. The number of ether oxygens (including phenoxy) is 1. The zero-order valence-corrected chi connectivity index (χ0v) is 11.3. The van der Waals surface area contributed by atoms with Crippen molar-refractivity contribution in [2.75, 3.05) is 20.2 Å². The minimum atomic E-state index is -1.34. The Balaban J connectivity index is 1.99. The maximum atomic E-state index is 12.2. The van der Waals surface area contributed by atoms with Gasteiger partial charge in [-0.3, -0.25) is 4.79 Å². The number of nitrogens with one attached hydrogen (secondary N) is 2. The molecule has 0 fully saturated rings. The highest BCUT2D eigenvalue weighted by atomic mass is 16.5. The second-order valence-electron chi connectivity index (χ2n) is 4.67. The largest absolute Gasteiger partial charge is 0.467 e. The Hall–Kier alpha value is -1.92. The van der Waals surface area contributed by atoms with E-state index in [4.69, 9.17) is 0 Å². The molecule has 0 aromatic heterocycles. The van der Waals surface area contributed by atoms with Crippen LogP contribution in [0.25, 0.3) is 0 Å². The molecular formula is C14H18N2O4. The van der Waals surface area contributed by atoms with Crippen LogP contribution in [0.1, 0.15) is 17.0 Å². The topological polar surface area (TPSA) is 87.7 Å². The summed E-state index contributed by atoms with van der Waals surface area (Å²) in [7, 11) is 1.19. The summed E-state index contributed by atoms with van der Waals surface area (Å²) in [6, 6.07) is 7.73. The van der Waals surface area contributed by atoms with Crippen molar-refractivity contribution in [1.82, 2.24) is 10.6 Å². The second kappa shape index (κ2) is 6.49. The number of methoxy groups -OCH3 is 1. The molecule has 20 heavy (non-hydrogen) atoms. The molecule has 2 atom stereocenters. The average Bonchev–Trinajstić information content (AvgIpc) is 2.50. The molecular weight excluding hydrogens is 260 g/mol. The van der Waals surface area contributed by atoms with Crippen LogP contribution in [0.4, 0.5) is 0 Å². The van der Waals surface area contributed by atoms with Crippen LogP contribution in [-0.2, 0) is 20.9 Å². The third kappa shape index (κ3) is 3.15. The van der Waals surface area contributed by atoms with Crippen LogP contribution in [0, 0.1) is 0 Å². The Morgan fingerprint density at radius 2 is 2.25 bits per heavy atom. The third-order valence-corrected chi connectivity index (χ3v) is 3.35. The van der Waals surface area contributed by atoms with Gasteiger partial charge < -0.3 is 20.5 Å². The van der Waals surface area contributed by atoms with Gasteiger partial charge >= 0.3 is 5.97 Å². The first kappa shape index (κ1) is 14.5. The summed E-state index contributed by atoms with van der Waals surface area (Å²) in [4.78, 5) is 23.2. The van der Waals surface area contributed by atoms with Crippen molar-refractivity contribution in [3.8, 4) is 0 Å². The quantitative estimate of drug-likeness (QED) is 0.648. The maximum Gasteiger partial charge on any atom is 0.336 e. The average molecular weight is 278 g/mol. The predicted octanol–water partition coefficient (Wildman–Crippen LogP) is -0.476. The van der Waals surface area contributed by atoms with E-state index in [2.05, 4.69) is 15.4 Å². The minimum absolute atomic E-state index is 0.149. The van der Waals surface area contributed by atoms with Gasteiger partial charge in [0, 0.05) is 13.1 Å². The van der Waals surface area contributed by atoms with Crippen LogP contribution in [0.2, 0.25) is 0 Å². The van der Waals surface area contributed by atoms with Gasteiger partial charge in [0.25, 0.3) is 0 Å². The molecule has 0 saturated heterocycles. The van der Waals surface area contributed by atoms with E-state index < -0.39 is 12.1 Å². The molecule has 0 saturated carbocycles. The zero-order valence-electron chi connectivity index (χ0n) is 11.3. The lowest BCUT2D eigenvalue weighted by Crippen LogP contribution is -2.43. The Labute approximate surface area is 117 Å². The molecule has 0 aliphatic carbocycles. The fourth-order valence-electron chi connectivity index (χ4n) is 2.27. The van der Waals surface area contributed by atoms with E-state index in [9.17, 15) is 14.7 Å². The molecule has 2 rings (SSSR count). The number of hydrogen-bond donors (Lipinski definition) is 3. The summed E-state index contributed by atoms with van der Waals surface area (Å²) in [6.45, 7) is 1.13. The van der Waals surface area contributed by atoms with Crippen molar-refractivity contribution >= 4 is 11.9 Å². The molecule has 1 amide bonds. The molecule has 1 heterocycles. The van der Waals surface area contributed by atoms with Gasteiger partial charge in [0.2, 0.25) is 5.91 Å². The standard InChI is InChI=1S/C14H18N2O4/c1-20-14(19)12(17)8-16-13(18)11-7-15-6-9-4-2-3-5-10(9)11/h2-5,11-12,15,17H,6-8H2,1H3,(H,16,18). The van der Waals surface area contributed by atoms with Gasteiger partial charge in [-0.1, -0.05) is 24.3 Å². The molecule has 1 aliphatic heterocycles. The number of aliphatic hydroxyl groups excluding tert-OH is 1. The molecule has 108 valence electrons. The van der Waals surface area contributed by atoms with E-state index >= 15 is 0 Å². The number of amides is 1. The minimum Gasteiger partial charge on any atom is -0.467 e. The molecule has 6 nitrogen and oxygen atoms in total. The second-order valence-corrected chi connectivity index (χ2v) is 4.67. The highest BCUT2D eigenvalue weighted by Gasteiger charge is 2.27. The SMILES string of the molecule is COC(=O)C(O)CNC(=O)C1CNCc2ccccc21. The molecule has 2 unspecified atom stereocenters. The zero-order chi connectivity index (χ0) is 14.5. The molecule has 1 aromatic carbocycles. The highest BCUT2D eigenvalue weighted by molar-refractivity contribution is 5.85. The predicted molar refractivity (Wildman–Crippen MR) is 71.9 cm³/mol. The smallest absolute Gasteiger partial charge is 0.336 e. The summed E-state index contributed by atoms with van der Waals surface area (Å²) >= 11 is 0. The first-order chi connectivity index (χ1) is 9.63. The lowest BCUT2D eigenvalue weighted by Gasteiger charge is -2.25. The molecule has 1 aliphatic rings. The van der Waals surface area contributed by atoms with Crippen LogP contribution >= 0.6 is 0 Å². The van der Waals surface area contributed by atoms with Gasteiger partial charge in [0.05, 0.1) is 19.6 Å². The Morgan fingerprint density at radius 1 is 1.50 bits per heavy atom. The molecule has 1 aromatic rings. The van der Waals surface area contributed by atoms with Crippen molar-refractivity contribution in [2.45, 2.75) is 18.6 Å². The Kier molecular flexibility index (Phi) is 4.70. The van der Waals surface area contributed by atoms with Crippen LogP contribution in [0.5, 0.6) is 0 Å². The van der Waals surface area contributed by atoms with Crippen LogP contribution in [0.15, 0.2) is 24.3 Å². The number of carbonyl (C=O) groups excluding carboxylic acids is 2. The number of rotatable bonds is 4. The summed E-state index contributed by atoms with van der Waals surface area (Å²) in [5, 5.41) is 15.2. The van der Waals surface area contributed by atoms with Crippen molar-refractivity contribution in [2.24, 2.45) is 0 Å². The first-order valence-corrected chi connectivity index (χ1v) is 6.45. The van der Waals surface area contributed by atoms with E-state index in [1.807, 2.05) is 24.3 Å². The number of fused-ring (bicyclic) bond motifs is 1. The molecule has 0 bridgehead atoms. The first-order valence-electron chi connectivity index (χ1n) is 6.45. The number of esters is 1. The molecule has 3 N–H and O–H groups in total. The van der Waals surface area contributed by atoms with Crippen molar-refractivity contribution < 1.29 is 19.4 Å². The summed E-state index contributed by atoms with van der Waals surface area (Å²) in [5.74, 6) is -1.29. The van der Waals surface area contributed by atoms with E-state index in [0.717, 1.165) is 17.7 Å². The van der Waals surface area contributed by atoms with Crippen molar-refractivity contribution in [1.29, 1.82) is 0 Å². The van der Waals surface area contributed by atoms with Gasteiger partial charge in [0.1, 0.15) is 0 Å². The fraction of sp³-hybridized carbons (Fsp3) is 0.429. The molecule has 6 heteroatoms. The van der Waals surface area contributed by atoms with Gasteiger partial charge in [-0.05, 0) is 11.1 Å². The Bertz CT molecular complexity index is 504. The molecule has 0 spiro atoms. The third-order valence-electron chi connectivity index (χ3n) is 3.35. The number of carbonyl (C=O) groups is 2. The van der Waals surface area contributed by atoms with E-state index in [-0.39, 0.29) is 18.4 Å². The monoisotopic (exact) mass is 278 g/mol. The highest BCUT2D eigenvalue weighted by Crippen LogP contribution is 2.23. The summed E-state index contributed by atoms with van der Waals surface area (Å²) in [6.07, 6.45) is -1.34. The van der Waals surface area contributed by atoms with Crippen molar-refractivity contribution in [3.63, 3.8) is 0 Å². The normalized spacial score (nSPS) is 18.8. The van der Waals surface area contributed by atoms with E-state index in [1.165, 1.54) is 7.11 Å². The van der Waals surface area contributed by atoms with E-state index in [0.29, 0.717) is 6.54 Å². The number of benzene rings is 1. The van der Waals surface area contributed by atoms with Crippen LogP contribution in [-0.4, -0.2) is 43.3 Å². The van der Waals surface area contributed by atoms with Gasteiger partial charge in [0.15, 0.2) is 6.10 Å². The van der Waals surface area contributed by atoms with Crippen LogP contribution < -0.4 is 10.6 Å². The summed E-state index contributed by atoms with van der Waals surface area (Å²) < 4.78 is 4.39. The van der Waals surface area contributed by atoms with Gasteiger partial charge in [-0.25, -0.2) is 4.79 Å². The van der Waals surface area contributed by atoms with Crippen LogP contribution in [0.3, 0.4) is 0 Å². The maximum absolute atomic E-state index is 12.2. The lowest BCUT2D eigenvalue weighted by atomic mass is 9.90.